The zero-order valence-corrected chi connectivity index (χ0v) is 25.0. The van der Waals surface area contributed by atoms with Crippen LogP contribution in [0.1, 0.15) is 58.2 Å². The quantitative estimate of drug-likeness (QED) is 0.281. The number of hydrogen-bond donors (Lipinski definition) is 0. The average Bonchev–Trinajstić information content (AvgIpc) is 2.89. The predicted molar refractivity (Wildman–Crippen MR) is 165 cm³/mol. The summed E-state index contributed by atoms with van der Waals surface area (Å²) >= 11 is 14.1. The lowest BCUT2D eigenvalue weighted by atomic mass is 9.88. The van der Waals surface area contributed by atoms with E-state index in [2.05, 4.69) is 117 Å². The molecule has 1 aliphatic rings. The van der Waals surface area contributed by atoms with Crippen LogP contribution in [0.15, 0.2) is 65.2 Å². The summed E-state index contributed by atoms with van der Waals surface area (Å²) in [5.74, 6) is 0. The van der Waals surface area contributed by atoms with E-state index in [1.807, 2.05) is 0 Å². The smallest absolute Gasteiger partial charge is 0.201 e. The molecule has 5 heteroatoms. The Hall–Kier alpha value is -2.49. The molecule has 198 valence electrons. The van der Waals surface area contributed by atoms with E-state index < -0.39 is 0 Å². The highest BCUT2D eigenvalue weighted by atomic mass is 35.5. The molecule has 3 rings (SSSR count). The largest absolute Gasteiger partial charge is 0.372 e. The third-order valence-electron chi connectivity index (χ3n) is 7.31. The first-order chi connectivity index (χ1) is 17.8. The van der Waals surface area contributed by atoms with Gasteiger partial charge in [-0.25, -0.2) is 4.58 Å². The van der Waals surface area contributed by atoms with Crippen molar-refractivity contribution in [3.8, 4) is 0 Å². The van der Waals surface area contributed by atoms with E-state index in [-0.39, 0.29) is 0 Å². The molecule has 0 spiro atoms. The van der Waals surface area contributed by atoms with E-state index >= 15 is 0 Å². The molecule has 0 aromatic heterocycles. The van der Waals surface area contributed by atoms with Gasteiger partial charge in [0.15, 0.2) is 0 Å². The Kier molecular flexibility index (Phi) is 10.5. The van der Waals surface area contributed by atoms with Gasteiger partial charge >= 0.3 is 0 Å². The third kappa shape index (κ3) is 6.33. The maximum absolute atomic E-state index is 7.03. The zero-order valence-electron chi connectivity index (χ0n) is 23.5. The summed E-state index contributed by atoms with van der Waals surface area (Å²) in [5.41, 5.74) is 8.90. The molecule has 3 nitrogen and oxygen atoms in total. The van der Waals surface area contributed by atoms with Gasteiger partial charge in [-0.1, -0.05) is 35.3 Å². The minimum absolute atomic E-state index is 0.732. The Morgan fingerprint density at radius 2 is 1.27 bits per heavy atom. The molecular formula is C32H42Cl2N3+. The molecule has 0 aliphatic heterocycles. The van der Waals surface area contributed by atoms with E-state index in [1.165, 1.54) is 11.3 Å². The highest BCUT2D eigenvalue weighted by Crippen LogP contribution is 2.40. The molecule has 0 bridgehead atoms. The zero-order chi connectivity index (χ0) is 27.1. The average molecular weight is 540 g/mol. The van der Waals surface area contributed by atoms with Gasteiger partial charge in [-0.05, 0) is 95.5 Å². The maximum Gasteiger partial charge on any atom is 0.201 e. The summed E-state index contributed by atoms with van der Waals surface area (Å²) in [6.07, 6.45) is 6.41. The second-order valence-corrected chi connectivity index (χ2v) is 10.0. The molecule has 37 heavy (non-hydrogen) atoms. The van der Waals surface area contributed by atoms with Crippen LogP contribution >= 0.6 is 23.2 Å². The van der Waals surface area contributed by atoms with Crippen LogP contribution < -0.4 is 9.80 Å². The van der Waals surface area contributed by atoms with Crippen molar-refractivity contribution in [1.82, 2.24) is 0 Å². The van der Waals surface area contributed by atoms with Gasteiger partial charge in [-0.2, -0.15) is 0 Å². The standard InChI is InChI=1S/C32H42Cl2N3/c1-8-35(9-2)24-14-17-27(23(7)20-24)32(28-18-15-25(21-30(28)33)36(10-3)11-4)29-19-16-26(22-31(29)34)37(12-5)13-6/h14-22H,8-13H2,1-7H3/q+1. The first kappa shape index (κ1) is 29.1. The van der Waals surface area contributed by atoms with Gasteiger partial charge in [0.25, 0.3) is 0 Å². The van der Waals surface area contributed by atoms with Gasteiger partial charge in [0.05, 0.1) is 10.1 Å². The molecule has 2 aromatic rings. The van der Waals surface area contributed by atoms with Crippen molar-refractivity contribution in [3.05, 3.63) is 86.9 Å². The number of aryl methyl sites for hydroxylation is 1. The highest BCUT2D eigenvalue weighted by Gasteiger charge is 2.22. The van der Waals surface area contributed by atoms with Gasteiger partial charge in [0, 0.05) is 60.8 Å². The van der Waals surface area contributed by atoms with E-state index in [0.717, 1.165) is 83.0 Å². The molecule has 0 atom stereocenters. The topological polar surface area (TPSA) is 9.49 Å². The molecule has 0 N–H and O–H groups in total. The fraction of sp³-hybridized carbons (Fsp3) is 0.406. The van der Waals surface area contributed by atoms with E-state index in [9.17, 15) is 0 Å². The fourth-order valence-corrected chi connectivity index (χ4v) is 5.67. The SMILES string of the molecule is CCN(CC)c1ccc(C(=C2C=CC(=[N+](CC)CC)C=C2Cl)c2ccc(N(CC)CC)cc2Cl)c(C)c1. The van der Waals surface area contributed by atoms with Crippen LogP contribution in [0.25, 0.3) is 5.57 Å². The lowest BCUT2D eigenvalue weighted by molar-refractivity contribution is -0.519. The summed E-state index contributed by atoms with van der Waals surface area (Å²) in [6.45, 7) is 20.9. The minimum Gasteiger partial charge on any atom is -0.372 e. The number of allylic oxidation sites excluding steroid dienone is 5. The number of hydrogen-bond acceptors (Lipinski definition) is 2. The maximum atomic E-state index is 7.03. The number of benzene rings is 2. The van der Waals surface area contributed by atoms with Crippen molar-refractivity contribution in [3.63, 3.8) is 0 Å². The van der Waals surface area contributed by atoms with Gasteiger partial charge in [0.1, 0.15) is 13.1 Å². The molecule has 0 saturated heterocycles. The Morgan fingerprint density at radius 1 is 0.730 bits per heavy atom. The van der Waals surface area contributed by atoms with Crippen LogP contribution in [0.2, 0.25) is 5.02 Å². The van der Waals surface area contributed by atoms with Gasteiger partial charge in [-0.3, -0.25) is 0 Å². The van der Waals surface area contributed by atoms with Crippen LogP contribution in [0, 0.1) is 6.92 Å². The number of rotatable bonds is 10. The van der Waals surface area contributed by atoms with Crippen molar-refractivity contribution in [1.29, 1.82) is 0 Å². The fourth-order valence-electron chi connectivity index (χ4n) is 5.13. The van der Waals surface area contributed by atoms with Crippen molar-refractivity contribution in [2.75, 3.05) is 49.1 Å². The first-order valence-corrected chi connectivity index (χ1v) is 14.4. The predicted octanol–water partition coefficient (Wildman–Crippen LogP) is 8.33. The van der Waals surface area contributed by atoms with Crippen LogP contribution in [0.5, 0.6) is 0 Å². The normalized spacial score (nSPS) is 14.5. The number of halogens is 2. The lowest BCUT2D eigenvalue weighted by Crippen LogP contribution is -2.22. The van der Waals surface area contributed by atoms with Gasteiger partial charge < -0.3 is 9.80 Å². The van der Waals surface area contributed by atoms with Crippen LogP contribution in [0.4, 0.5) is 11.4 Å². The number of anilines is 2. The van der Waals surface area contributed by atoms with Crippen molar-refractivity contribution in [2.24, 2.45) is 0 Å². The Morgan fingerprint density at radius 3 is 1.73 bits per heavy atom. The summed E-state index contributed by atoms with van der Waals surface area (Å²) in [4.78, 5) is 4.68. The van der Waals surface area contributed by atoms with Crippen molar-refractivity contribution in [2.45, 2.75) is 48.5 Å². The van der Waals surface area contributed by atoms with Crippen LogP contribution in [-0.4, -0.2) is 49.6 Å². The molecule has 0 heterocycles. The van der Waals surface area contributed by atoms with Crippen molar-refractivity contribution >= 4 is 45.9 Å². The van der Waals surface area contributed by atoms with Crippen LogP contribution in [0.3, 0.4) is 0 Å². The molecule has 0 amide bonds. The highest BCUT2D eigenvalue weighted by molar-refractivity contribution is 6.37. The Bertz CT molecular complexity index is 1160. The molecule has 1 aliphatic carbocycles. The molecular weight excluding hydrogens is 497 g/mol. The van der Waals surface area contributed by atoms with Crippen molar-refractivity contribution < 1.29 is 4.58 Å². The second kappa shape index (κ2) is 13.3. The van der Waals surface area contributed by atoms with Gasteiger partial charge in [-0.15, -0.1) is 0 Å². The second-order valence-electron chi connectivity index (χ2n) is 9.22. The summed E-state index contributed by atoms with van der Waals surface area (Å²) < 4.78 is 2.31. The molecule has 0 unspecified atom stereocenters. The Balaban J connectivity index is 2.27. The first-order valence-electron chi connectivity index (χ1n) is 13.7. The van der Waals surface area contributed by atoms with E-state index in [0.29, 0.717) is 0 Å². The third-order valence-corrected chi connectivity index (χ3v) is 7.93. The molecule has 0 fully saturated rings. The molecule has 2 aromatic carbocycles. The molecule has 0 radical (unpaired) electrons. The minimum atomic E-state index is 0.732. The summed E-state index contributed by atoms with van der Waals surface area (Å²) in [7, 11) is 0. The van der Waals surface area contributed by atoms with E-state index in [1.54, 1.807) is 0 Å². The Labute approximate surface area is 234 Å². The monoisotopic (exact) mass is 538 g/mol. The number of nitrogens with zero attached hydrogens (tertiary/aromatic N) is 3. The van der Waals surface area contributed by atoms with E-state index in [4.69, 9.17) is 23.2 Å². The van der Waals surface area contributed by atoms with Crippen LogP contribution in [-0.2, 0) is 0 Å². The lowest BCUT2D eigenvalue weighted by Gasteiger charge is -2.25. The summed E-state index contributed by atoms with van der Waals surface area (Å²) in [5, 5.41) is 1.46. The van der Waals surface area contributed by atoms with Gasteiger partial charge in [0.2, 0.25) is 5.71 Å². The molecule has 0 saturated carbocycles. The summed E-state index contributed by atoms with van der Waals surface area (Å²) in [6, 6.07) is 13.1.